The van der Waals surface area contributed by atoms with E-state index in [1.165, 1.54) is 0 Å². The molecule has 0 radical (unpaired) electrons. The number of para-hydroxylation sites is 1. The van der Waals surface area contributed by atoms with Gasteiger partial charge in [-0.15, -0.1) is 0 Å². The Morgan fingerprint density at radius 2 is 1.75 bits per heavy atom. The molecule has 4 nitrogen and oxygen atoms in total. The van der Waals surface area contributed by atoms with Gasteiger partial charge in [-0.25, -0.2) is 0 Å². The van der Waals surface area contributed by atoms with Gasteiger partial charge in [0.1, 0.15) is 11.9 Å². The molecule has 0 aromatic heterocycles. The van der Waals surface area contributed by atoms with Gasteiger partial charge >= 0.3 is 0 Å². The number of Topliss-reactive ketones (excluding diaryl/α,β-unsaturated/α-hetero) is 1. The zero-order valence-corrected chi connectivity index (χ0v) is 14.6. The summed E-state index contributed by atoms with van der Waals surface area (Å²) < 4.78 is 6.21. The third-order valence-corrected chi connectivity index (χ3v) is 4.80. The van der Waals surface area contributed by atoms with Gasteiger partial charge in [-0.3, -0.25) is 4.79 Å². The quantitative estimate of drug-likeness (QED) is 0.771. The van der Waals surface area contributed by atoms with E-state index in [0.717, 1.165) is 12.8 Å². The van der Waals surface area contributed by atoms with E-state index in [9.17, 15) is 15.3 Å². The average molecular weight is 324 g/mol. The lowest BCUT2D eigenvalue weighted by molar-refractivity contribution is 0.00523. The van der Waals surface area contributed by atoms with Crippen LogP contribution in [-0.2, 0) is 0 Å². The molecule has 1 aliphatic rings. The predicted molar refractivity (Wildman–Crippen MR) is 91.3 cm³/mol. The summed E-state index contributed by atoms with van der Waals surface area (Å²) in [6, 6.07) is 11.8. The molecule has 1 aliphatic heterocycles. The summed E-state index contributed by atoms with van der Waals surface area (Å²) in [4.78, 5) is 13.4. The van der Waals surface area contributed by atoms with Gasteiger partial charge < -0.3 is 4.74 Å². The zero-order chi connectivity index (χ0) is 17.7. The summed E-state index contributed by atoms with van der Waals surface area (Å²) in [5.41, 5.74) is -0.241. The molecule has 4 heteroatoms. The standard InChI is InChI=1S/C20H24N2O2/c1-4-7-18-20(10-14(2)12-21,11-15(3)13-22)19(23)16-8-5-6-9-17(16)24-18/h5-6,8-9,14-15,18H,4,7,10-11H2,1-3H3. The summed E-state index contributed by atoms with van der Waals surface area (Å²) in [6.07, 6.45) is 2.16. The van der Waals surface area contributed by atoms with Crippen LogP contribution in [0, 0.1) is 39.9 Å². The monoisotopic (exact) mass is 324 g/mol. The van der Waals surface area contributed by atoms with E-state index in [0.29, 0.717) is 24.2 Å². The minimum atomic E-state index is -0.811. The van der Waals surface area contributed by atoms with Crippen molar-refractivity contribution in [3.63, 3.8) is 0 Å². The summed E-state index contributed by atoms with van der Waals surface area (Å²) in [7, 11) is 0. The van der Waals surface area contributed by atoms with Crippen LogP contribution < -0.4 is 4.74 Å². The maximum atomic E-state index is 13.4. The highest BCUT2D eigenvalue weighted by Crippen LogP contribution is 2.48. The van der Waals surface area contributed by atoms with Crippen molar-refractivity contribution in [2.24, 2.45) is 17.3 Å². The van der Waals surface area contributed by atoms with E-state index >= 15 is 0 Å². The van der Waals surface area contributed by atoms with Gasteiger partial charge in [0, 0.05) is 11.8 Å². The summed E-state index contributed by atoms with van der Waals surface area (Å²) in [5.74, 6) is 0.0962. The molecule has 0 aliphatic carbocycles. The number of carbonyl (C=O) groups is 1. The minimum absolute atomic E-state index is 0.0204. The van der Waals surface area contributed by atoms with Crippen molar-refractivity contribution in [3.8, 4) is 17.9 Å². The normalized spacial score (nSPS) is 24.9. The Hall–Kier alpha value is -2.33. The minimum Gasteiger partial charge on any atom is -0.489 e. The molecule has 0 fully saturated rings. The lowest BCUT2D eigenvalue weighted by Gasteiger charge is -2.44. The fourth-order valence-electron chi connectivity index (χ4n) is 3.75. The number of benzene rings is 1. The number of ether oxygens (including phenoxy) is 1. The average Bonchev–Trinajstić information content (AvgIpc) is 2.59. The third kappa shape index (κ3) is 3.29. The van der Waals surface area contributed by atoms with Crippen molar-refractivity contribution < 1.29 is 9.53 Å². The smallest absolute Gasteiger partial charge is 0.176 e. The lowest BCUT2D eigenvalue weighted by Crippen LogP contribution is -2.50. The molecule has 0 saturated carbocycles. The molecule has 0 spiro atoms. The summed E-state index contributed by atoms with van der Waals surface area (Å²) >= 11 is 0. The highest BCUT2D eigenvalue weighted by atomic mass is 16.5. The van der Waals surface area contributed by atoms with Gasteiger partial charge in [0.2, 0.25) is 0 Å². The van der Waals surface area contributed by atoms with Gasteiger partial charge in [0.05, 0.1) is 23.1 Å². The second-order valence-electron chi connectivity index (χ2n) is 6.85. The fraction of sp³-hybridized carbons (Fsp3) is 0.550. The van der Waals surface area contributed by atoms with Gasteiger partial charge in [0.25, 0.3) is 0 Å². The second kappa shape index (κ2) is 7.49. The number of nitriles is 2. The van der Waals surface area contributed by atoms with Crippen molar-refractivity contribution >= 4 is 5.78 Å². The Bertz CT molecular complexity index is 662. The van der Waals surface area contributed by atoms with Gasteiger partial charge in [-0.2, -0.15) is 10.5 Å². The van der Waals surface area contributed by atoms with Gasteiger partial charge in [-0.1, -0.05) is 25.5 Å². The molecule has 0 saturated heterocycles. The molecule has 3 unspecified atom stereocenters. The van der Waals surface area contributed by atoms with E-state index in [4.69, 9.17) is 4.74 Å². The lowest BCUT2D eigenvalue weighted by atomic mass is 9.64. The highest BCUT2D eigenvalue weighted by molar-refractivity contribution is 6.04. The zero-order valence-electron chi connectivity index (χ0n) is 14.6. The molecule has 0 amide bonds. The molecule has 3 atom stereocenters. The third-order valence-electron chi connectivity index (χ3n) is 4.80. The number of hydrogen-bond acceptors (Lipinski definition) is 4. The first-order chi connectivity index (χ1) is 11.5. The van der Waals surface area contributed by atoms with E-state index < -0.39 is 5.41 Å². The van der Waals surface area contributed by atoms with Crippen molar-refractivity contribution in [1.29, 1.82) is 10.5 Å². The molecule has 24 heavy (non-hydrogen) atoms. The van der Waals surface area contributed by atoms with Crippen LogP contribution in [0.4, 0.5) is 0 Å². The van der Waals surface area contributed by atoms with E-state index in [2.05, 4.69) is 19.1 Å². The molecular weight excluding hydrogens is 300 g/mol. The van der Waals surface area contributed by atoms with Crippen molar-refractivity contribution in [2.45, 2.75) is 52.6 Å². The van der Waals surface area contributed by atoms with Crippen molar-refractivity contribution in [2.75, 3.05) is 0 Å². The number of rotatable bonds is 6. The van der Waals surface area contributed by atoms with E-state index in [1.54, 1.807) is 6.07 Å². The summed E-state index contributed by atoms with van der Waals surface area (Å²) in [6.45, 7) is 5.71. The number of carbonyl (C=O) groups excluding carboxylic acids is 1. The molecule has 1 aromatic rings. The number of fused-ring (bicyclic) bond motifs is 1. The van der Waals surface area contributed by atoms with Crippen LogP contribution in [-0.4, -0.2) is 11.9 Å². The molecule has 0 N–H and O–H groups in total. The Labute approximate surface area is 144 Å². The highest BCUT2D eigenvalue weighted by Gasteiger charge is 2.51. The number of ketones is 1. The van der Waals surface area contributed by atoms with Crippen LogP contribution in [0.25, 0.3) is 0 Å². The molecule has 1 aromatic carbocycles. The van der Waals surface area contributed by atoms with Crippen LogP contribution in [0.2, 0.25) is 0 Å². The molecule has 1 heterocycles. The maximum Gasteiger partial charge on any atom is 0.176 e. The van der Waals surface area contributed by atoms with Crippen LogP contribution in [0.1, 0.15) is 56.8 Å². The van der Waals surface area contributed by atoms with Gasteiger partial charge in [-0.05, 0) is 45.2 Å². The van der Waals surface area contributed by atoms with Crippen molar-refractivity contribution in [1.82, 2.24) is 0 Å². The first-order valence-corrected chi connectivity index (χ1v) is 8.58. The molecule has 126 valence electrons. The second-order valence-corrected chi connectivity index (χ2v) is 6.85. The molecular formula is C20H24N2O2. The molecule has 2 rings (SSSR count). The van der Waals surface area contributed by atoms with Crippen molar-refractivity contribution in [3.05, 3.63) is 29.8 Å². The van der Waals surface area contributed by atoms with Crippen LogP contribution in [0.5, 0.6) is 5.75 Å². The Balaban J connectivity index is 2.56. The topological polar surface area (TPSA) is 73.9 Å². The van der Waals surface area contributed by atoms with Crippen LogP contribution >= 0.6 is 0 Å². The maximum absolute atomic E-state index is 13.4. The van der Waals surface area contributed by atoms with Crippen LogP contribution in [0.3, 0.4) is 0 Å². The largest absolute Gasteiger partial charge is 0.489 e. The molecule has 0 bridgehead atoms. The Morgan fingerprint density at radius 1 is 1.17 bits per heavy atom. The number of hydrogen-bond donors (Lipinski definition) is 0. The SMILES string of the molecule is CCCC1Oc2ccccc2C(=O)C1(CC(C)C#N)CC(C)C#N. The van der Waals surface area contributed by atoms with Crippen LogP contribution in [0.15, 0.2) is 24.3 Å². The Morgan fingerprint density at radius 3 is 2.29 bits per heavy atom. The van der Waals surface area contributed by atoms with Gasteiger partial charge in [0.15, 0.2) is 5.78 Å². The first kappa shape index (κ1) is 18.0. The summed E-state index contributed by atoms with van der Waals surface area (Å²) in [5, 5.41) is 18.6. The number of nitrogens with zero attached hydrogens (tertiary/aromatic N) is 2. The van der Waals surface area contributed by atoms with E-state index in [-0.39, 0.29) is 23.7 Å². The Kier molecular flexibility index (Phi) is 5.62. The van der Waals surface area contributed by atoms with E-state index in [1.807, 2.05) is 32.0 Å². The fourth-order valence-corrected chi connectivity index (χ4v) is 3.75. The first-order valence-electron chi connectivity index (χ1n) is 8.58. The predicted octanol–water partition coefficient (Wildman–Crippen LogP) is 4.52.